The molecular formula is C19H21N3O3. The van der Waals surface area contributed by atoms with Crippen molar-refractivity contribution >= 4 is 22.6 Å². The Balaban J connectivity index is 1.68. The summed E-state index contributed by atoms with van der Waals surface area (Å²) in [4.78, 5) is 16.7. The van der Waals surface area contributed by atoms with Crippen molar-refractivity contribution in [1.29, 1.82) is 0 Å². The Bertz CT molecular complexity index is 902. The van der Waals surface area contributed by atoms with Crippen molar-refractivity contribution in [3.8, 4) is 11.5 Å². The number of amides is 1. The Kier molecular flexibility index (Phi) is 4.88. The minimum absolute atomic E-state index is 0.0619. The molecule has 0 unspecified atom stereocenters. The maximum Gasteiger partial charge on any atom is 0.226 e. The van der Waals surface area contributed by atoms with Gasteiger partial charge in [0.15, 0.2) is 11.5 Å². The van der Waals surface area contributed by atoms with Crippen molar-refractivity contribution in [2.45, 2.75) is 19.9 Å². The van der Waals surface area contributed by atoms with Crippen LogP contribution in [-0.2, 0) is 11.3 Å². The molecule has 3 aromatic rings. The number of anilines is 1. The number of para-hydroxylation sites is 2. The van der Waals surface area contributed by atoms with E-state index in [2.05, 4.69) is 10.3 Å². The van der Waals surface area contributed by atoms with E-state index < -0.39 is 0 Å². The molecule has 0 aliphatic carbocycles. The predicted octanol–water partition coefficient (Wildman–Crippen LogP) is 3.39. The highest BCUT2D eigenvalue weighted by atomic mass is 16.5. The number of nitrogens with one attached hydrogen (secondary N) is 1. The van der Waals surface area contributed by atoms with E-state index in [0.717, 1.165) is 22.3 Å². The minimum Gasteiger partial charge on any atom is -0.493 e. The Labute approximate surface area is 146 Å². The zero-order valence-corrected chi connectivity index (χ0v) is 14.6. The summed E-state index contributed by atoms with van der Waals surface area (Å²) in [7, 11) is 3.16. The fourth-order valence-corrected chi connectivity index (χ4v) is 2.74. The first-order valence-corrected chi connectivity index (χ1v) is 8.04. The summed E-state index contributed by atoms with van der Waals surface area (Å²) in [5.41, 5.74) is 3.59. The van der Waals surface area contributed by atoms with E-state index in [0.29, 0.717) is 24.5 Å². The van der Waals surface area contributed by atoms with Gasteiger partial charge in [-0.25, -0.2) is 4.98 Å². The molecule has 25 heavy (non-hydrogen) atoms. The standard InChI is InChI=1S/C19H21N3O3/c1-13-10-17(24-2)18(25-3)11-15(13)21-19(23)8-9-22-12-20-14-6-4-5-7-16(14)22/h4-7,10-12H,8-9H2,1-3H3,(H,21,23). The average molecular weight is 339 g/mol. The van der Waals surface area contributed by atoms with E-state index in [4.69, 9.17) is 9.47 Å². The van der Waals surface area contributed by atoms with Gasteiger partial charge in [0, 0.05) is 24.7 Å². The summed E-state index contributed by atoms with van der Waals surface area (Å²) in [5, 5.41) is 2.94. The number of ether oxygens (including phenoxy) is 2. The number of benzene rings is 2. The Morgan fingerprint density at radius 3 is 2.64 bits per heavy atom. The number of carbonyl (C=O) groups excluding carboxylic acids is 1. The van der Waals surface area contributed by atoms with Crippen molar-refractivity contribution in [2.24, 2.45) is 0 Å². The molecule has 1 aromatic heterocycles. The molecule has 1 amide bonds. The van der Waals surface area contributed by atoms with Crippen LogP contribution in [0, 0.1) is 6.92 Å². The molecular weight excluding hydrogens is 318 g/mol. The van der Waals surface area contributed by atoms with Crippen molar-refractivity contribution in [2.75, 3.05) is 19.5 Å². The van der Waals surface area contributed by atoms with Gasteiger partial charge >= 0.3 is 0 Å². The lowest BCUT2D eigenvalue weighted by molar-refractivity contribution is -0.116. The molecule has 0 spiro atoms. The molecule has 0 fully saturated rings. The lowest BCUT2D eigenvalue weighted by Gasteiger charge is -2.14. The molecule has 0 radical (unpaired) electrons. The molecule has 6 nitrogen and oxygen atoms in total. The van der Waals surface area contributed by atoms with Crippen molar-refractivity contribution in [3.05, 3.63) is 48.3 Å². The normalized spacial score (nSPS) is 10.7. The number of rotatable bonds is 6. The number of hydrogen-bond acceptors (Lipinski definition) is 4. The van der Waals surface area contributed by atoms with Crippen LogP contribution in [0.4, 0.5) is 5.69 Å². The lowest BCUT2D eigenvalue weighted by Crippen LogP contribution is -2.15. The third kappa shape index (κ3) is 3.57. The van der Waals surface area contributed by atoms with E-state index in [1.54, 1.807) is 26.6 Å². The van der Waals surface area contributed by atoms with Gasteiger partial charge in [-0.2, -0.15) is 0 Å². The van der Waals surface area contributed by atoms with Gasteiger partial charge in [0.2, 0.25) is 5.91 Å². The highest BCUT2D eigenvalue weighted by molar-refractivity contribution is 5.92. The Morgan fingerprint density at radius 2 is 1.88 bits per heavy atom. The van der Waals surface area contributed by atoms with Gasteiger partial charge in [-0.3, -0.25) is 4.79 Å². The van der Waals surface area contributed by atoms with Crippen molar-refractivity contribution < 1.29 is 14.3 Å². The highest BCUT2D eigenvalue weighted by Gasteiger charge is 2.11. The summed E-state index contributed by atoms with van der Waals surface area (Å²) in [6, 6.07) is 11.5. The van der Waals surface area contributed by atoms with Crippen LogP contribution in [0.5, 0.6) is 11.5 Å². The van der Waals surface area contributed by atoms with Crippen molar-refractivity contribution in [1.82, 2.24) is 9.55 Å². The number of nitrogens with zero attached hydrogens (tertiary/aromatic N) is 2. The summed E-state index contributed by atoms with van der Waals surface area (Å²) in [6.07, 6.45) is 2.12. The van der Waals surface area contributed by atoms with Gasteiger partial charge in [-0.05, 0) is 30.7 Å². The number of hydrogen-bond donors (Lipinski definition) is 1. The van der Waals surface area contributed by atoms with Crippen LogP contribution in [0.1, 0.15) is 12.0 Å². The third-order valence-electron chi connectivity index (χ3n) is 4.11. The number of methoxy groups -OCH3 is 2. The third-order valence-corrected chi connectivity index (χ3v) is 4.11. The van der Waals surface area contributed by atoms with E-state index in [1.165, 1.54) is 0 Å². The second kappa shape index (κ2) is 7.25. The zero-order chi connectivity index (χ0) is 17.8. The van der Waals surface area contributed by atoms with Crippen LogP contribution in [0.25, 0.3) is 11.0 Å². The van der Waals surface area contributed by atoms with E-state index in [1.807, 2.05) is 41.8 Å². The van der Waals surface area contributed by atoms with Gasteiger partial charge in [0.05, 0.1) is 31.6 Å². The average Bonchev–Trinajstić information content (AvgIpc) is 3.04. The van der Waals surface area contributed by atoms with Crippen LogP contribution < -0.4 is 14.8 Å². The van der Waals surface area contributed by atoms with Crippen LogP contribution in [0.2, 0.25) is 0 Å². The fourth-order valence-electron chi connectivity index (χ4n) is 2.74. The van der Waals surface area contributed by atoms with Crippen molar-refractivity contribution in [3.63, 3.8) is 0 Å². The smallest absolute Gasteiger partial charge is 0.226 e. The lowest BCUT2D eigenvalue weighted by atomic mass is 10.1. The largest absolute Gasteiger partial charge is 0.493 e. The Hall–Kier alpha value is -3.02. The van der Waals surface area contributed by atoms with Gasteiger partial charge in [-0.1, -0.05) is 12.1 Å². The molecule has 0 aliphatic heterocycles. The molecule has 0 atom stereocenters. The number of carbonyl (C=O) groups is 1. The molecule has 0 bridgehead atoms. The number of fused-ring (bicyclic) bond motifs is 1. The summed E-state index contributed by atoms with van der Waals surface area (Å²) < 4.78 is 12.5. The van der Waals surface area contributed by atoms with Gasteiger partial charge in [-0.15, -0.1) is 0 Å². The Morgan fingerprint density at radius 1 is 1.16 bits per heavy atom. The monoisotopic (exact) mass is 339 g/mol. The number of aromatic nitrogens is 2. The summed E-state index contributed by atoms with van der Waals surface area (Å²) in [5.74, 6) is 1.17. The van der Waals surface area contributed by atoms with E-state index in [9.17, 15) is 4.79 Å². The van der Waals surface area contributed by atoms with Crippen LogP contribution in [0.3, 0.4) is 0 Å². The fraction of sp³-hybridized carbons (Fsp3) is 0.263. The second-order valence-corrected chi connectivity index (χ2v) is 5.75. The van der Waals surface area contributed by atoms with E-state index >= 15 is 0 Å². The van der Waals surface area contributed by atoms with Gasteiger partial charge < -0.3 is 19.4 Å². The molecule has 3 rings (SSSR count). The van der Waals surface area contributed by atoms with Crippen LogP contribution >= 0.6 is 0 Å². The second-order valence-electron chi connectivity index (χ2n) is 5.75. The first-order chi connectivity index (χ1) is 12.1. The van der Waals surface area contributed by atoms with Crippen LogP contribution in [0.15, 0.2) is 42.7 Å². The van der Waals surface area contributed by atoms with E-state index in [-0.39, 0.29) is 5.91 Å². The van der Waals surface area contributed by atoms with Gasteiger partial charge in [0.25, 0.3) is 0 Å². The molecule has 130 valence electrons. The molecule has 0 aliphatic rings. The molecule has 1 N–H and O–H groups in total. The summed E-state index contributed by atoms with van der Waals surface area (Å²) >= 11 is 0. The molecule has 6 heteroatoms. The molecule has 1 heterocycles. The van der Waals surface area contributed by atoms with Crippen LogP contribution in [-0.4, -0.2) is 29.7 Å². The molecule has 2 aromatic carbocycles. The first-order valence-electron chi connectivity index (χ1n) is 8.04. The van der Waals surface area contributed by atoms with Gasteiger partial charge in [0.1, 0.15) is 0 Å². The molecule has 0 saturated heterocycles. The first kappa shape index (κ1) is 16.8. The SMILES string of the molecule is COc1cc(C)c(NC(=O)CCn2cnc3ccccc32)cc1OC. The minimum atomic E-state index is -0.0619. The quantitative estimate of drug-likeness (QED) is 0.747. The summed E-state index contributed by atoms with van der Waals surface area (Å²) in [6.45, 7) is 2.49. The maximum atomic E-state index is 12.3. The number of imidazole rings is 1. The zero-order valence-electron chi connectivity index (χ0n) is 14.6. The highest BCUT2D eigenvalue weighted by Crippen LogP contribution is 2.32. The number of aryl methyl sites for hydroxylation is 2. The maximum absolute atomic E-state index is 12.3. The molecule has 0 saturated carbocycles. The topological polar surface area (TPSA) is 65.4 Å². The predicted molar refractivity (Wildman–Crippen MR) is 97.3 cm³/mol.